The van der Waals surface area contributed by atoms with Gasteiger partial charge in [0.15, 0.2) is 16.6 Å². The Hall–Kier alpha value is -2.76. The van der Waals surface area contributed by atoms with Crippen LogP contribution in [0.5, 0.6) is 11.5 Å². The second-order valence-electron chi connectivity index (χ2n) is 7.20. The molecule has 0 radical (unpaired) electrons. The van der Waals surface area contributed by atoms with Crippen LogP contribution in [0.2, 0.25) is 0 Å². The number of sulfonamides is 1. The zero-order valence-corrected chi connectivity index (χ0v) is 17.8. The van der Waals surface area contributed by atoms with Crippen molar-refractivity contribution in [1.82, 2.24) is 9.29 Å². The fourth-order valence-electron chi connectivity index (χ4n) is 3.74. The second kappa shape index (κ2) is 7.74. The van der Waals surface area contributed by atoms with Crippen LogP contribution in [0, 0.1) is 5.82 Å². The summed E-state index contributed by atoms with van der Waals surface area (Å²) in [5.74, 6) is 0.268. The molecule has 1 saturated heterocycles. The van der Waals surface area contributed by atoms with Crippen molar-refractivity contribution >= 4 is 42.6 Å². The minimum absolute atomic E-state index is 0.0424. The minimum Gasteiger partial charge on any atom is -0.486 e. The molecule has 8 nitrogen and oxygen atoms in total. The molecule has 1 amide bonds. The van der Waals surface area contributed by atoms with E-state index < -0.39 is 27.8 Å². The maximum absolute atomic E-state index is 13.2. The van der Waals surface area contributed by atoms with Crippen LogP contribution in [-0.4, -0.2) is 49.4 Å². The topological polar surface area (TPSA) is 97.8 Å². The quantitative estimate of drug-likeness (QED) is 0.639. The van der Waals surface area contributed by atoms with Crippen molar-refractivity contribution in [2.24, 2.45) is 0 Å². The van der Waals surface area contributed by atoms with Gasteiger partial charge in [0, 0.05) is 18.7 Å². The molecule has 3 aromatic rings. The van der Waals surface area contributed by atoms with E-state index in [2.05, 4.69) is 10.3 Å². The third-order valence-corrected chi connectivity index (χ3v) is 8.07. The van der Waals surface area contributed by atoms with E-state index in [1.165, 1.54) is 27.8 Å². The van der Waals surface area contributed by atoms with Crippen LogP contribution in [0.4, 0.5) is 9.52 Å². The number of thiazole rings is 1. The Labute approximate surface area is 181 Å². The number of fused-ring (bicyclic) bond motifs is 2. The van der Waals surface area contributed by atoms with Crippen LogP contribution in [0.1, 0.15) is 12.8 Å². The Kier molecular flexibility index (Phi) is 5.03. The molecular formula is C20H18FN3O5S2. The number of hydrogen-bond acceptors (Lipinski definition) is 7. The summed E-state index contributed by atoms with van der Waals surface area (Å²) in [4.78, 5) is 17.3. The van der Waals surface area contributed by atoms with Crippen LogP contribution in [0.25, 0.3) is 10.2 Å². The van der Waals surface area contributed by atoms with Gasteiger partial charge in [0.25, 0.3) is 0 Å². The monoisotopic (exact) mass is 463 g/mol. The molecule has 0 aliphatic carbocycles. The summed E-state index contributed by atoms with van der Waals surface area (Å²) >= 11 is 1.28. The number of anilines is 1. The van der Waals surface area contributed by atoms with Gasteiger partial charge >= 0.3 is 0 Å². The summed E-state index contributed by atoms with van der Waals surface area (Å²) in [6.07, 6.45) is 0.951. The van der Waals surface area contributed by atoms with Crippen molar-refractivity contribution < 1.29 is 27.1 Å². The summed E-state index contributed by atoms with van der Waals surface area (Å²) in [7, 11) is -3.92. The Morgan fingerprint density at radius 1 is 1.16 bits per heavy atom. The van der Waals surface area contributed by atoms with Crippen LogP contribution < -0.4 is 14.8 Å². The molecule has 1 atom stereocenters. The number of carbonyl (C=O) groups is 1. The van der Waals surface area contributed by atoms with E-state index in [0.717, 1.165) is 16.8 Å². The second-order valence-corrected chi connectivity index (χ2v) is 10.1. The van der Waals surface area contributed by atoms with Gasteiger partial charge in [0.1, 0.15) is 25.1 Å². The highest BCUT2D eigenvalue weighted by atomic mass is 32.2. The molecule has 31 heavy (non-hydrogen) atoms. The van der Waals surface area contributed by atoms with Crippen molar-refractivity contribution in [2.75, 3.05) is 25.1 Å². The van der Waals surface area contributed by atoms with E-state index in [1.54, 1.807) is 6.07 Å². The number of carbonyl (C=O) groups excluding carboxylic acids is 1. The predicted octanol–water partition coefficient (Wildman–Crippen LogP) is 3.00. The van der Waals surface area contributed by atoms with Gasteiger partial charge in [-0.2, -0.15) is 4.31 Å². The first-order valence-electron chi connectivity index (χ1n) is 9.70. The van der Waals surface area contributed by atoms with Gasteiger partial charge in [0.2, 0.25) is 15.9 Å². The highest BCUT2D eigenvalue weighted by Crippen LogP contribution is 2.38. The number of nitrogens with one attached hydrogen (secondary N) is 1. The summed E-state index contributed by atoms with van der Waals surface area (Å²) < 4.78 is 52.3. The molecule has 1 unspecified atom stereocenters. The molecule has 2 aliphatic rings. The number of nitrogens with zero attached hydrogens (tertiary/aromatic N) is 2. The fraction of sp³-hybridized carbons (Fsp3) is 0.300. The predicted molar refractivity (Wildman–Crippen MR) is 113 cm³/mol. The van der Waals surface area contributed by atoms with Gasteiger partial charge in [0.05, 0.1) is 15.1 Å². The molecule has 162 valence electrons. The number of benzene rings is 2. The Balaban J connectivity index is 1.37. The van der Waals surface area contributed by atoms with E-state index in [-0.39, 0.29) is 11.4 Å². The van der Waals surface area contributed by atoms with E-state index in [4.69, 9.17) is 9.47 Å². The van der Waals surface area contributed by atoms with Crippen molar-refractivity contribution in [1.29, 1.82) is 0 Å². The maximum atomic E-state index is 13.2. The molecule has 1 aromatic heterocycles. The molecule has 2 aliphatic heterocycles. The third kappa shape index (κ3) is 3.73. The number of rotatable bonds is 4. The first-order valence-corrected chi connectivity index (χ1v) is 12.0. The number of aromatic nitrogens is 1. The van der Waals surface area contributed by atoms with Gasteiger partial charge < -0.3 is 14.8 Å². The van der Waals surface area contributed by atoms with Crippen LogP contribution in [0.3, 0.4) is 0 Å². The largest absolute Gasteiger partial charge is 0.486 e. The Morgan fingerprint density at radius 3 is 2.61 bits per heavy atom. The zero-order chi connectivity index (χ0) is 21.6. The molecule has 0 saturated carbocycles. The Bertz CT molecular complexity index is 1220. The number of amides is 1. The van der Waals surface area contributed by atoms with Gasteiger partial charge in [-0.15, -0.1) is 0 Å². The van der Waals surface area contributed by atoms with Gasteiger partial charge in [-0.1, -0.05) is 11.3 Å². The number of ether oxygens (including phenoxy) is 2. The highest BCUT2D eigenvalue weighted by Gasteiger charge is 2.39. The third-order valence-electron chi connectivity index (χ3n) is 5.21. The summed E-state index contributed by atoms with van der Waals surface area (Å²) in [6, 6.07) is 7.31. The van der Waals surface area contributed by atoms with Gasteiger partial charge in [-0.3, -0.25) is 4.79 Å². The highest BCUT2D eigenvalue weighted by molar-refractivity contribution is 7.89. The lowest BCUT2D eigenvalue weighted by Crippen LogP contribution is -2.43. The first-order chi connectivity index (χ1) is 14.9. The summed E-state index contributed by atoms with van der Waals surface area (Å²) in [5, 5.41) is 3.12. The van der Waals surface area contributed by atoms with E-state index in [0.29, 0.717) is 48.2 Å². The lowest BCUT2D eigenvalue weighted by molar-refractivity contribution is -0.119. The van der Waals surface area contributed by atoms with Crippen molar-refractivity contribution in [3.05, 3.63) is 42.2 Å². The molecular weight excluding hydrogens is 445 g/mol. The molecule has 2 aromatic carbocycles. The summed E-state index contributed by atoms with van der Waals surface area (Å²) in [6.45, 7) is 1.16. The van der Waals surface area contributed by atoms with Crippen molar-refractivity contribution in [3.8, 4) is 11.5 Å². The van der Waals surface area contributed by atoms with E-state index >= 15 is 0 Å². The maximum Gasteiger partial charge on any atom is 0.244 e. The summed E-state index contributed by atoms with van der Waals surface area (Å²) in [5.41, 5.74) is 0.659. The normalized spacial score (nSPS) is 18.9. The molecule has 0 spiro atoms. The van der Waals surface area contributed by atoms with Crippen molar-refractivity contribution in [2.45, 2.75) is 23.8 Å². The molecule has 11 heteroatoms. The molecule has 3 heterocycles. The van der Waals surface area contributed by atoms with E-state index in [1.807, 2.05) is 6.07 Å². The SMILES string of the molecule is O=C(Nc1nc2cc3c(cc2s1)OCCO3)C1CCCN1S(=O)(=O)c1ccc(F)cc1. The Morgan fingerprint density at radius 2 is 1.87 bits per heavy atom. The molecule has 1 fully saturated rings. The minimum atomic E-state index is -3.92. The van der Waals surface area contributed by atoms with Crippen LogP contribution >= 0.6 is 11.3 Å². The molecule has 1 N–H and O–H groups in total. The standard InChI is InChI=1S/C20H18FN3O5S2/c21-12-3-5-13(6-4-12)31(26,27)24-7-1-2-15(24)19(25)23-20-22-14-10-16-17(11-18(14)30-20)29-9-8-28-16/h3-6,10-11,15H,1-2,7-9H2,(H,22,23,25). The average Bonchev–Trinajstić information content (AvgIpc) is 3.39. The molecule has 5 rings (SSSR count). The zero-order valence-electron chi connectivity index (χ0n) is 16.2. The first kappa shape index (κ1) is 20.2. The van der Waals surface area contributed by atoms with Crippen LogP contribution in [-0.2, 0) is 14.8 Å². The number of halogens is 1. The van der Waals surface area contributed by atoms with E-state index in [9.17, 15) is 17.6 Å². The van der Waals surface area contributed by atoms with Crippen molar-refractivity contribution in [3.63, 3.8) is 0 Å². The number of hydrogen-bond donors (Lipinski definition) is 1. The van der Waals surface area contributed by atoms with Crippen LogP contribution in [0.15, 0.2) is 41.3 Å². The average molecular weight is 464 g/mol. The van der Waals surface area contributed by atoms with Gasteiger partial charge in [-0.25, -0.2) is 17.8 Å². The van der Waals surface area contributed by atoms with Gasteiger partial charge in [-0.05, 0) is 37.1 Å². The fourth-order valence-corrected chi connectivity index (χ4v) is 6.27. The lowest BCUT2D eigenvalue weighted by Gasteiger charge is -2.23. The molecule has 0 bridgehead atoms. The lowest BCUT2D eigenvalue weighted by atomic mass is 10.2. The smallest absolute Gasteiger partial charge is 0.244 e.